The molecular weight excluding hydrogens is 232 g/mol. The van der Waals surface area contributed by atoms with E-state index in [2.05, 4.69) is 10.6 Å². The molecule has 1 rings (SSSR count). The molecule has 0 bridgehead atoms. The Kier molecular flexibility index (Phi) is 8.36. The monoisotopic (exact) mass is 258 g/mol. The summed E-state index contributed by atoms with van der Waals surface area (Å²) in [5.74, 6) is 0.934. The SMILES string of the molecule is CCOCCCNC(=S)NCCC1CCCC1. The molecule has 1 aliphatic carbocycles. The van der Waals surface area contributed by atoms with Crippen LogP contribution in [0.5, 0.6) is 0 Å². The third-order valence-corrected chi connectivity index (χ3v) is 3.56. The van der Waals surface area contributed by atoms with Gasteiger partial charge in [-0.05, 0) is 37.9 Å². The maximum atomic E-state index is 5.26. The van der Waals surface area contributed by atoms with Gasteiger partial charge in [0.15, 0.2) is 5.11 Å². The van der Waals surface area contributed by atoms with Crippen LogP contribution in [-0.4, -0.2) is 31.4 Å². The fourth-order valence-corrected chi connectivity index (χ4v) is 2.48. The van der Waals surface area contributed by atoms with Gasteiger partial charge in [-0.3, -0.25) is 0 Å². The number of thiocarbonyl (C=S) groups is 1. The first-order valence-electron chi connectivity index (χ1n) is 6.92. The Hall–Kier alpha value is -0.350. The Labute approximate surface area is 111 Å². The van der Waals surface area contributed by atoms with Gasteiger partial charge in [0.25, 0.3) is 0 Å². The average molecular weight is 258 g/mol. The molecule has 3 nitrogen and oxygen atoms in total. The van der Waals surface area contributed by atoms with Crippen LogP contribution in [0.2, 0.25) is 0 Å². The largest absolute Gasteiger partial charge is 0.382 e. The van der Waals surface area contributed by atoms with Crippen molar-refractivity contribution in [2.75, 3.05) is 26.3 Å². The molecule has 0 amide bonds. The zero-order valence-electron chi connectivity index (χ0n) is 11.0. The molecule has 0 aromatic carbocycles. The summed E-state index contributed by atoms with van der Waals surface area (Å²) in [6.07, 6.45) is 7.95. The average Bonchev–Trinajstić information content (AvgIpc) is 2.82. The molecular formula is C13H26N2OS. The lowest BCUT2D eigenvalue weighted by Crippen LogP contribution is -2.37. The number of hydrogen-bond donors (Lipinski definition) is 2. The summed E-state index contributed by atoms with van der Waals surface area (Å²) >= 11 is 5.21. The van der Waals surface area contributed by atoms with Gasteiger partial charge in [-0.1, -0.05) is 25.7 Å². The molecule has 2 N–H and O–H groups in total. The highest BCUT2D eigenvalue weighted by atomic mass is 32.1. The summed E-state index contributed by atoms with van der Waals surface area (Å²) in [5.41, 5.74) is 0. The summed E-state index contributed by atoms with van der Waals surface area (Å²) in [6, 6.07) is 0. The predicted molar refractivity (Wildman–Crippen MR) is 76.3 cm³/mol. The Bertz CT molecular complexity index is 206. The van der Waals surface area contributed by atoms with Crippen molar-refractivity contribution in [3.05, 3.63) is 0 Å². The molecule has 0 radical (unpaired) electrons. The predicted octanol–water partition coefficient (Wildman–Crippen LogP) is 2.46. The Morgan fingerprint density at radius 1 is 1.24 bits per heavy atom. The molecule has 0 atom stereocenters. The Morgan fingerprint density at radius 3 is 2.65 bits per heavy atom. The van der Waals surface area contributed by atoms with E-state index in [0.29, 0.717) is 0 Å². The lowest BCUT2D eigenvalue weighted by Gasteiger charge is -2.12. The Balaban J connectivity index is 1.86. The number of rotatable bonds is 8. The first-order chi connectivity index (χ1) is 8.33. The minimum Gasteiger partial charge on any atom is -0.382 e. The van der Waals surface area contributed by atoms with E-state index in [0.717, 1.165) is 43.8 Å². The molecule has 0 aromatic heterocycles. The van der Waals surface area contributed by atoms with Crippen LogP contribution in [0.25, 0.3) is 0 Å². The van der Waals surface area contributed by atoms with Crippen LogP contribution in [0.3, 0.4) is 0 Å². The lowest BCUT2D eigenvalue weighted by molar-refractivity contribution is 0.145. The van der Waals surface area contributed by atoms with Crippen LogP contribution in [0.15, 0.2) is 0 Å². The third-order valence-electron chi connectivity index (χ3n) is 3.27. The molecule has 0 saturated heterocycles. The molecule has 4 heteroatoms. The molecule has 1 fully saturated rings. The minimum absolute atomic E-state index is 0.791. The first-order valence-corrected chi connectivity index (χ1v) is 7.33. The zero-order chi connectivity index (χ0) is 12.3. The van der Waals surface area contributed by atoms with Crippen molar-refractivity contribution in [2.24, 2.45) is 5.92 Å². The van der Waals surface area contributed by atoms with Gasteiger partial charge in [-0.25, -0.2) is 0 Å². The lowest BCUT2D eigenvalue weighted by atomic mass is 10.0. The number of ether oxygens (including phenoxy) is 1. The van der Waals surface area contributed by atoms with Crippen LogP contribution >= 0.6 is 12.2 Å². The van der Waals surface area contributed by atoms with Gasteiger partial charge in [-0.2, -0.15) is 0 Å². The standard InChI is InChI=1S/C13H26N2OS/c1-2-16-11-5-9-14-13(17)15-10-8-12-6-3-4-7-12/h12H,2-11H2,1H3,(H2,14,15,17). The second-order valence-corrected chi connectivity index (χ2v) is 5.08. The summed E-state index contributed by atoms with van der Waals surface area (Å²) in [5, 5.41) is 7.28. The van der Waals surface area contributed by atoms with E-state index < -0.39 is 0 Å². The highest BCUT2D eigenvalue weighted by Crippen LogP contribution is 2.26. The van der Waals surface area contributed by atoms with E-state index in [1.54, 1.807) is 0 Å². The van der Waals surface area contributed by atoms with Gasteiger partial charge in [0, 0.05) is 26.3 Å². The van der Waals surface area contributed by atoms with Crippen molar-refractivity contribution in [2.45, 2.75) is 45.4 Å². The molecule has 1 aliphatic rings. The summed E-state index contributed by atoms with van der Waals surface area (Å²) in [7, 11) is 0. The van der Waals surface area contributed by atoms with E-state index in [9.17, 15) is 0 Å². The Morgan fingerprint density at radius 2 is 1.94 bits per heavy atom. The van der Waals surface area contributed by atoms with Crippen LogP contribution in [-0.2, 0) is 4.74 Å². The molecule has 0 spiro atoms. The topological polar surface area (TPSA) is 33.3 Å². The van der Waals surface area contributed by atoms with Crippen LogP contribution in [0.4, 0.5) is 0 Å². The smallest absolute Gasteiger partial charge is 0.166 e. The highest BCUT2D eigenvalue weighted by Gasteiger charge is 2.13. The molecule has 100 valence electrons. The quantitative estimate of drug-likeness (QED) is 0.517. The van der Waals surface area contributed by atoms with Crippen molar-refractivity contribution in [3.63, 3.8) is 0 Å². The van der Waals surface area contributed by atoms with Crippen molar-refractivity contribution in [1.29, 1.82) is 0 Å². The molecule has 0 aromatic rings. The highest BCUT2D eigenvalue weighted by molar-refractivity contribution is 7.80. The van der Waals surface area contributed by atoms with E-state index >= 15 is 0 Å². The van der Waals surface area contributed by atoms with Gasteiger partial charge < -0.3 is 15.4 Å². The molecule has 0 unspecified atom stereocenters. The fourth-order valence-electron chi connectivity index (χ4n) is 2.27. The van der Waals surface area contributed by atoms with Crippen LogP contribution in [0.1, 0.15) is 45.4 Å². The second kappa shape index (κ2) is 9.66. The van der Waals surface area contributed by atoms with E-state index in [-0.39, 0.29) is 0 Å². The summed E-state index contributed by atoms with van der Waals surface area (Å²) < 4.78 is 5.26. The first kappa shape index (κ1) is 14.7. The fraction of sp³-hybridized carbons (Fsp3) is 0.923. The molecule has 0 aliphatic heterocycles. The maximum Gasteiger partial charge on any atom is 0.166 e. The van der Waals surface area contributed by atoms with E-state index in [1.165, 1.54) is 32.1 Å². The third kappa shape index (κ3) is 7.55. The van der Waals surface area contributed by atoms with Gasteiger partial charge in [-0.15, -0.1) is 0 Å². The van der Waals surface area contributed by atoms with Crippen LogP contribution in [0, 0.1) is 5.92 Å². The van der Waals surface area contributed by atoms with E-state index in [4.69, 9.17) is 17.0 Å². The van der Waals surface area contributed by atoms with E-state index in [1.807, 2.05) is 6.92 Å². The van der Waals surface area contributed by atoms with Gasteiger partial charge >= 0.3 is 0 Å². The van der Waals surface area contributed by atoms with Crippen molar-refractivity contribution in [3.8, 4) is 0 Å². The van der Waals surface area contributed by atoms with Crippen molar-refractivity contribution in [1.82, 2.24) is 10.6 Å². The minimum atomic E-state index is 0.791. The summed E-state index contributed by atoms with van der Waals surface area (Å²) in [6.45, 7) is 5.54. The van der Waals surface area contributed by atoms with Gasteiger partial charge in [0.05, 0.1) is 0 Å². The normalized spacial score (nSPS) is 16.1. The van der Waals surface area contributed by atoms with Crippen LogP contribution < -0.4 is 10.6 Å². The maximum absolute atomic E-state index is 5.26. The zero-order valence-corrected chi connectivity index (χ0v) is 11.8. The molecule has 1 saturated carbocycles. The van der Waals surface area contributed by atoms with Gasteiger partial charge in [0.1, 0.15) is 0 Å². The molecule has 0 heterocycles. The second-order valence-electron chi connectivity index (χ2n) is 4.67. The van der Waals surface area contributed by atoms with Crippen molar-refractivity contribution >= 4 is 17.3 Å². The number of nitrogens with one attached hydrogen (secondary N) is 2. The van der Waals surface area contributed by atoms with Crippen molar-refractivity contribution < 1.29 is 4.74 Å². The number of hydrogen-bond acceptors (Lipinski definition) is 2. The molecule has 17 heavy (non-hydrogen) atoms. The summed E-state index contributed by atoms with van der Waals surface area (Å²) in [4.78, 5) is 0. The van der Waals surface area contributed by atoms with Gasteiger partial charge in [0.2, 0.25) is 0 Å².